The zero-order valence-electron chi connectivity index (χ0n) is 9.19. The van der Waals surface area contributed by atoms with E-state index in [0.717, 1.165) is 19.1 Å². The highest BCUT2D eigenvalue weighted by Gasteiger charge is 2.16. The molecular weight excluding hydrogens is 227 g/mol. The van der Waals surface area contributed by atoms with Gasteiger partial charge in [-0.05, 0) is 18.6 Å². The molecule has 0 spiro atoms. The molecular formula is C12H13FO4. The molecule has 4 nitrogen and oxygen atoms in total. The highest BCUT2D eigenvalue weighted by molar-refractivity contribution is 5.88. The van der Waals surface area contributed by atoms with Gasteiger partial charge in [0, 0.05) is 18.6 Å². The van der Waals surface area contributed by atoms with Crippen LogP contribution < -0.4 is 4.74 Å². The Hall–Kier alpha value is -1.62. The van der Waals surface area contributed by atoms with Gasteiger partial charge in [0.25, 0.3) is 0 Å². The van der Waals surface area contributed by atoms with Crippen LogP contribution in [0.15, 0.2) is 18.2 Å². The molecule has 1 aromatic rings. The molecule has 2 rings (SSSR count). The summed E-state index contributed by atoms with van der Waals surface area (Å²) in [6.45, 7) is 1.78. The van der Waals surface area contributed by atoms with E-state index in [-0.39, 0.29) is 11.3 Å². The number of carbonyl (C=O) groups is 1. The van der Waals surface area contributed by atoms with Crippen molar-refractivity contribution in [1.82, 2.24) is 0 Å². The van der Waals surface area contributed by atoms with Gasteiger partial charge in [-0.15, -0.1) is 0 Å². The van der Waals surface area contributed by atoms with Gasteiger partial charge in [0.05, 0.1) is 18.8 Å². The standard InChI is InChI=1S/C12H13FO4/c13-10-3-9(12(14)15)4-11(5-10)17-7-8-1-2-16-6-8/h3-5,8H,1-2,6-7H2,(H,14,15). The number of ether oxygens (including phenoxy) is 2. The second-order valence-electron chi connectivity index (χ2n) is 4.02. The Labute approximate surface area is 98.0 Å². The minimum atomic E-state index is -1.17. The molecule has 1 fully saturated rings. The van der Waals surface area contributed by atoms with E-state index in [1.807, 2.05) is 0 Å². The van der Waals surface area contributed by atoms with Crippen LogP contribution in [0.2, 0.25) is 0 Å². The average molecular weight is 240 g/mol. The summed E-state index contributed by atoms with van der Waals surface area (Å²) in [6, 6.07) is 3.47. The monoisotopic (exact) mass is 240 g/mol. The fourth-order valence-electron chi connectivity index (χ4n) is 1.70. The van der Waals surface area contributed by atoms with Crippen molar-refractivity contribution in [2.45, 2.75) is 6.42 Å². The molecule has 1 aliphatic heterocycles. The molecule has 17 heavy (non-hydrogen) atoms. The zero-order valence-corrected chi connectivity index (χ0v) is 9.19. The van der Waals surface area contributed by atoms with E-state index in [4.69, 9.17) is 14.6 Å². The lowest BCUT2D eigenvalue weighted by molar-refractivity contribution is 0.0695. The van der Waals surface area contributed by atoms with Gasteiger partial charge in [-0.25, -0.2) is 9.18 Å². The minimum Gasteiger partial charge on any atom is -0.493 e. The molecule has 1 aliphatic rings. The van der Waals surface area contributed by atoms with Crippen LogP contribution in [0.4, 0.5) is 4.39 Å². The van der Waals surface area contributed by atoms with Gasteiger partial charge in [-0.2, -0.15) is 0 Å². The Morgan fingerprint density at radius 2 is 2.35 bits per heavy atom. The Morgan fingerprint density at radius 1 is 1.53 bits per heavy atom. The van der Waals surface area contributed by atoms with Gasteiger partial charge in [-0.3, -0.25) is 0 Å². The predicted molar refractivity (Wildman–Crippen MR) is 57.8 cm³/mol. The second-order valence-corrected chi connectivity index (χ2v) is 4.02. The number of benzene rings is 1. The van der Waals surface area contributed by atoms with Crippen molar-refractivity contribution >= 4 is 5.97 Å². The Bertz CT molecular complexity index is 413. The summed E-state index contributed by atoms with van der Waals surface area (Å²) < 4.78 is 23.7. The normalized spacial score (nSPS) is 19.2. The van der Waals surface area contributed by atoms with Crippen LogP contribution in [-0.4, -0.2) is 30.9 Å². The number of halogens is 1. The summed E-state index contributed by atoms with van der Waals surface area (Å²) >= 11 is 0. The summed E-state index contributed by atoms with van der Waals surface area (Å²) in [6.07, 6.45) is 0.918. The highest BCUT2D eigenvalue weighted by atomic mass is 19.1. The van der Waals surface area contributed by atoms with Crippen LogP contribution in [-0.2, 0) is 4.74 Å². The minimum absolute atomic E-state index is 0.109. The molecule has 0 aliphatic carbocycles. The quantitative estimate of drug-likeness (QED) is 0.873. The number of rotatable bonds is 4. The maximum atomic E-state index is 13.1. The van der Waals surface area contributed by atoms with Crippen molar-refractivity contribution in [3.63, 3.8) is 0 Å². The van der Waals surface area contributed by atoms with Crippen LogP contribution in [0.25, 0.3) is 0 Å². The summed E-state index contributed by atoms with van der Waals surface area (Å²) in [5.41, 5.74) is -0.109. The molecule has 1 unspecified atom stereocenters. The third-order valence-corrected chi connectivity index (χ3v) is 2.63. The Kier molecular flexibility index (Phi) is 3.58. The third-order valence-electron chi connectivity index (χ3n) is 2.63. The molecule has 92 valence electrons. The van der Waals surface area contributed by atoms with Gasteiger partial charge < -0.3 is 14.6 Å². The lowest BCUT2D eigenvalue weighted by Gasteiger charge is -2.10. The van der Waals surface area contributed by atoms with Crippen molar-refractivity contribution in [2.24, 2.45) is 5.92 Å². The Balaban J connectivity index is 2.01. The first-order valence-corrected chi connectivity index (χ1v) is 5.39. The van der Waals surface area contributed by atoms with E-state index in [9.17, 15) is 9.18 Å². The molecule has 1 N–H and O–H groups in total. The fraction of sp³-hybridized carbons (Fsp3) is 0.417. The van der Waals surface area contributed by atoms with Gasteiger partial charge in [-0.1, -0.05) is 0 Å². The fourth-order valence-corrected chi connectivity index (χ4v) is 1.70. The summed E-state index contributed by atoms with van der Waals surface area (Å²) in [5.74, 6) is -1.23. The largest absolute Gasteiger partial charge is 0.493 e. The molecule has 1 aromatic carbocycles. The van der Waals surface area contributed by atoms with E-state index in [1.54, 1.807) is 0 Å². The smallest absolute Gasteiger partial charge is 0.335 e. The SMILES string of the molecule is O=C(O)c1cc(F)cc(OCC2CCOC2)c1. The Morgan fingerprint density at radius 3 is 3.00 bits per heavy atom. The number of aromatic carboxylic acids is 1. The van der Waals surface area contributed by atoms with E-state index in [0.29, 0.717) is 19.1 Å². The van der Waals surface area contributed by atoms with Crippen molar-refractivity contribution < 1.29 is 23.8 Å². The van der Waals surface area contributed by atoms with Gasteiger partial charge in [0.1, 0.15) is 11.6 Å². The lowest BCUT2D eigenvalue weighted by atomic mass is 10.1. The van der Waals surface area contributed by atoms with Crippen molar-refractivity contribution in [3.8, 4) is 5.75 Å². The predicted octanol–water partition coefficient (Wildman–Crippen LogP) is 1.94. The van der Waals surface area contributed by atoms with Crippen molar-refractivity contribution in [2.75, 3.05) is 19.8 Å². The first-order valence-electron chi connectivity index (χ1n) is 5.39. The topological polar surface area (TPSA) is 55.8 Å². The van der Waals surface area contributed by atoms with Gasteiger partial charge in [0.15, 0.2) is 0 Å². The first-order chi connectivity index (χ1) is 8.15. The van der Waals surface area contributed by atoms with E-state index in [1.165, 1.54) is 12.1 Å². The summed E-state index contributed by atoms with van der Waals surface area (Å²) in [4.78, 5) is 10.7. The number of hydrogen-bond donors (Lipinski definition) is 1. The van der Waals surface area contributed by atoms with Gasteiger partial charge >= 0.3 is 5.97 Å². The number of hydrogen-bond acceptors (Lipinski definition) is 3. The van der Waals surface area contributed by atoms with E-state index < -0.39 is 11.8 Å². The average Bonchev–Trinajstić information content (AvgIpc) is 2.78. The van der Waals surface area contributed by atoms with Crippen LogP contribution in [0, 0.1) is 11.7 Å². The molecule has 0 aromatic heterocycles. The third kappa shape index (κ3) is 3.17. The molecule has 0 bridgehead atoms. The van der Waals surface area contributed by atoms with Crippen LogP contribution in [0.5, 0.6) is 5.75 Å². The summed E-state index contributed by atoms with van der Waals surface area (Å²) in [5, 5.41) is 8.77. The number of carboxylic acid groups (broad SMARTS) is 1. The van der Waals surface area contributed by atoms with Crippen LogP contribution >= 0.6 is 0 Å². The van der Waals surface area contributed by atoms with E-state index >= 15 is 0 Å². The van der Waals surface area contributed by atoms with Crippen molar-refractivity contribution in [3.05, 3.63) is 29.6 Å². The second kappa shape index (κ2) is 5.14. The molecule has 1 saturated heterocycles. The van der Waals surface area contributed by atoms with Crippen molar-refractivity contribution in [1.29, 1.82) is 0 Å². The first kappa shape index (κ1) is 11.9. The zero-order chi connectivity index (χ0) is 12.3. The maximum absolute atomic E-state index is 13.1. The van der Waals surface area contributed by atoms with Crippen LogP contribution in [0.1, 0.15) is 16.8 Å². The lowest BCUT2D eigenvalue weighted by Crippen LogP contribution is -2.12. The molecule has 1 heterocycles. The van der Waals surface area contributed by atoms with Crippen LogP contribution in [0.3, 0.4) is 0 Å². The highest BCUT2D eigenvalue weighted by Crippen LogP contribution is 2.19. The summed E-state index contributed by atoms with van der Waals surface area (Å²) in [7, 11) is 0. The van der Waals surface area contributed by atoms with E-state index in [2.05, 4.69) is 0 Å². The molecule has 0 radical (unpaired) electrons. The number of carboxylic acids is 1. The molecule has 0 saturated carbocycles. The maximum Gasteiger partial charge on any atom is 0.335 e. The molecule has 1 atom stereocenters. The molecule has 0 amide bonds. The molecule has 5 heteroatoms. The van der Waals surface area contributed by atoms with Gasteiger partial charge in [0.2, 0.25) is 0 Å².